The zero-order valence-corrected chi connectivity index (χ0v) is 13.2. The molecule has 2 rings (SSSR count). The molecule has 1 aromatic carbocycles. The minimum atomic E-state index is -0.517. The number of nitrogens with one attached hydrogen (secondary N) is 1. The van der Waals surface area contributed by atoms with Gasteiger partial charge in [-0.3, -0.25) is 0 Å². The van der Waals surface area contributed by atoms with Crippen LogP contribution in [0.2, 0.25) is 5.02 Å². The summed E-state index contributed by atoms with van der Waals surface area (Å²) in [5.74, 6) is 1.39. The Morgan fingerprint density at radius 2 is 2.10 bits per heavy atom. The van der Waals surface area contributed by atoms with Crippen molar-refractivity contribution in [1.29, 1.82) is 0 Å². The molecule has 108 valence electrons. The van der Waals surface area contributed by atoms with Crippen LogP contribution in [0, 0.1) is 5.82 Å². The van der Waals surface area contributed by atoms with E-state index < -0.39 is 5.82 Å². The molecule has 1 N–H and O–H groups in total. The van der Waals surface area contributed by atoms with Gasteiger partial charge in [0.25, 0.3) is 0 Å². The van der Waals surface area contributed by atoms with Gasteiger partial charge in [0.2, 0.25) is 0 Å². The van der Waals surface area contributed by atoms with Crippen LogP contribution in [-0.2, 0) is 13.2 Å². The number of ether oxygens (including phenoxy) is 1. The molecule has 0 fully saturated rings. The Bertz CT molecular complexity index is 589. The average molecular weight is 363 g/mol. The Morgan fingerprint density at radius 3 is 2.85 bits per heavy atom. The lowest BCUT2D eigenvalue weighted by atomic mass is 10.3. The van der Waals surface area contributed by atoms with Gasteiger partial charge in [-0.1, -0.05) is 18.5 Å². The lowest BCUT2D eigenvalue weighted by Gasteiger charge is -2.07. The molecule has 2 aromatic rings. The van der Waals surface area contributed by atoms with Gasteiger partial charge in [-0.05, 0) is 40.7 Å². The molecule has 0 aliphatic rings. The van der Waals surface area contributed by atoms with E-state index in [4.69, 9.17) is 20.8 Å². The first-order valence-electron chi connectivity index (χ1n) is 6.15. The summed E-state index contributed by atoms with van der Waals surface area (Å²) in [7, 11) is 0. The molecule has 1 heterocycles. The Balaban J connectivity index is 1.98. The van der Waals surface area contributed by atoms with Gasteiger partial charge in [-0.2, -0.15) is 0 Å². The van der Waals surface area contributed by atoms with Gasteiger partial charge in [-0.25, -0.2) is 4.39 Å². The topological polar surface area (TPSA) is 34.4 Å². The van der Waals surface area contributed by atoms with Gasteiger partial charge in [0.05, 0.1) is 16.0 Å². The van der Waals surface area contributed by atoms with E-state index in [-0.39, 0.29) is 11.6 Å². The fraction of sp³-hybridized carbons (Fsp3) is 0.286. The fourth-order valence-electron chi connectivity index (χ4n) is 1.61. The van der Waals surface area contributed by atoms with E-state index >= 15 is 0 Å². The predicted molar refractivity (Wildman–Crippen MR) is 79.5 cm³/mol. The highest BCUT2D eigenvalue weighted by atomic mass is 79.9. The number of rotatable bonds is 6. The van der Waals surface area contributed by atoms with Crippen molar-refractivity contribution in [3.63, 3.8) is 0 Å². The summed E-state index contributed by atoms with van der Waals surface area (Å²) in [6, 6.07) is 6.44. The Kier molecular flexibility index (Phi) is 5.46. The van der Waals surface area contributed by atoms with E-state index in [0.29, 0.717) is 22.5 Å². The largest absolute Gasteiger partial charge is 0.484 e. The number of furan rings is 1. The maximum atomic E-state index is 13.4. The van der Waals surface area contributed by atoms with Crippen LogP contribution < -0.4 is 10.1 Å². The molecular formula is C14H14BrClFNO2. The number of hydrogen-bond donors (Lipinski definition) is 1. The molecule has 0 saturated carbocycles. The van der Waals surface area contributed by atoms with E-state index in [9.17, 15) is 4.39 Å². The monoisotopic (exact) mass is 361 g/mol. The van der Waals surface area contributed by atoms with E-state index in [1.54, 1.807) is 0 Å². The summed E-state index contributed by atoms with van der Waals surface area (Å²) in [6.07, 6.45) is 0. The van der Waals surface area contributed by atoms with Gasteiger partial charge in [-0.15, -0.1) is 0 Å². The second kappa shape index (κ2) is 7.11. The molecule has 0 aliphatic carbocycles. The zero-order chi connectivity index (χ0) is 14.5. The van der Waals surface area contributed by atoms with Crippen molar-refractivity contribution >= 4 is 27.5 Å². The van der Waals surface area contributed by atoms with Crippen LogP contribution in [0.1, 0.15) is 18.4 Å². The maximum Gasteiger partial charge on any atom is 0.146 e. The first kappa shape index (κ1) is 15.4. The quantitative estimate of drug-likeness (QED) is 0.767. The summed E-state index contributed by atoms with van der Waals surface area (Å²) in [4.78, 5) is 0. The molecule has 1 aromatic heterocycles. The van der Waals surface area contributed by atoms with Gasteiger partial charge in [0, 0.05) is 6.07 Å². The maximum absolute atomic E-state index is 13.4. The van der Waals surface area contributed by atoms with Crippen molar-refractivity contribution in [1.82, 2.24) is 5.32 Å². The Hall–Kier alpha value is -1.04. The van der Waals surface area contributed by atoms with Gasteiger partial charge < -0.3 is 14.5 Å². The second-order valence-corrected chi connectivity index (χ2v) is 5.40. The first-order chi connectivity index (χ1) is 9.60. The Morgan fingerprint density at radius 1 is 1.35 bits per heavy atom. The van der Waals surface area contributed by atoms with Crippen LogP contribution in [0.3, 0.4) is 0 Å². The highest BCUT2D eigenvalue weighted by Gasteiger charge is 2.09. The van der Waals surface area contributed by atoms with Crippen LogP contribution in [0.4, 0.5) is 4.39 Å². The minimum Gasteiger partial charge on any atom is -0.484 e. The van der Waals surface area contributed by atoms with Crippen molar-refractivity contribution in [3.05, 3.63) is 51.1 Å². The highest BCUT2D eigenvalue weighted by molar-refractivity contribution is 9.10. The summed E-state index contributed by atoms with van der Waals surface area (Å²) >= 11 is 8.95. The molecule has 0 amide bonds. The zero-order valence-electron chi connectivity index (χ0n) is 10.9. The molecular weight excluding hydrogens is 349 g/mol. The summed E-state index contributed by atoms with van der Waals surface area (Å²) in [6.45, 7) is 3.81. The first-order valence-corrected chi connectivity index (χ1v) is 7.33. The average Bonchev–Trinajstić information content (AvgIpc) is 2.87. The van der Waals surface area contributed by atoms with Crippen LogP contribution in [-0.4, -0.2) is 6.54 Å². The molecule has 0 radical (unpaired) electrons. The van der Waals surface area contributed by atoms with E-state index in [0.717, 1.165) is 12.3 Å². The van der Waals surface area contributed by atoms with Crippen LogP contribution >= 0.6 is 27.5 Å². The minimum absolute atomic E-state index is 0.0511. The SMILES string of the molecule is CCNCc1ccc(COc2cc(F)c(Cl)cc2Br)o1. The van der Waals surface area contributed by atoms with Gasteiger partial charge in [0.1, 0.15) is 29.7 Å². The van der Waals surface area contributed by atoms with Crippen molar-refractivity contribution in [2.45, 2.75) is 20.1 Å². The number of hydrogen-bond acceptors (Lipinski definition) is 3. The summed E-state index contributed by atoms with van der Waals surface area (Å²) in [5, 5.41) is 3.22. The lowest BCUT2D eigenvalue weighted by Crippen LogP contribution is -2.10. The van der Waals surface area contributed by atoms with Crippen molar-refractivity contribution in [3.8, 4) is 5.75 Å². The molecule has 0 unspecified atom stereocenters. The summed E-state index contributed by atoms with van der Waals surface area (Å²) < 4.78 is 25.1. The van der Waals surface area contributed by atoms with Crippen molar-refractivity contribution in [2.24, 2.45) is 0 Å². The number of halogens is 3. The van der Waals surface area contributed by atoms with Gasteiger partial charge >= 0.3 is 0 Å². The highest BCUT2D eigenvalue weighted by Crippen LogP contribution is 2.31. The van der Waals surface area contributed by atoms with Crippen molar-refractivity contribution < 1.29 is 13.5 Å². The third-order valence-electron chi connectivity index (χ3n) is 2.61. The Labute approximate surface area is 130 Å². The van der Waals surface area contributed by atoms with E-state index in [1.165, 1.54) is 12.1 Å². The molecule has 0 atom stereocenters. The van der Waals surface area contributed by atoms with Crippen molar-refractivity contribution in [2.75, 3.05) is 6.54 Å². The summed E-state index contributed by atoms with van der Waals surface area (Å²) in [5.41, 5.74) is 0. The third-order valence-corrected chi connectivity index (χ3v) is 3.52. The predicted octanol–water partition coefficient (Wildman–Crippen LogP) is 4.52. The van der Waals surface area contributed by atoms with Crippen LogP contribution in [0.25, 0.3) is 0 Å². The molecule has 3 nitrogen and oxygen atoms in total. The molecule has 0 saturated heterocycles. The van der Waals surface area contributed by atoms with Gasteiger partial charge in [0.15, 0.2) is 0 Å². The van der Waals surface area contributed by atoms with E-state index in [2.05, 4.69) is 21.2 Å². The smallest absolute Gasteiger partial charge is 0.146 e. The normalized spacial score (nSPS) is 10.8. The lowest BCUT2D eigenvalue weighted by molar-refractivity contribution is 0.262. The van der Waals surface area contributed by atoms with Crippen LogP contribution in [0.15, 0.2) is 33.2 Å². The molecule has 20 heavy (non-hydrogen) atoms. The standard InChI is InChI=1S/C14H14BrClFNO2/c1-2-18-7-9-3-4-10(20-9)8-19-14-6-13(17)12(16)5-11(14)15/h3-6,18H,2,7-8H2,1H3. The fourth-order valence-corrected chi connectivity index (χ4v) is 2.36. The second-order valence-electron chi connectivity index (χ2n) is 4.13. The molecule has 0 bridgehead atoms. The number of benzene rings is 1. The molecule has 0 aliphatic heterocycles. The third kappa shape index (κ3) is 3.98. The molecule has 0 spiro atoms. The molecule has 6 heteroatoms. The van der Waals surface area contributed by atoms with E-state index in [1.807, 2.05) is 19.1 Å². The van der Waals surface area contributed by atoms with Crippen LogP contribution in [0.5, 0.6) is 5.75 Å².